The molecule has 0 spiro atoms. The molecule has 0 bridgehead atoms. The molecule has 1 atom stereocenters. The van der Waals surface area contributed by atoms with Crippen molar-refractivity contribution in [3.8, 4) is 0 Å². The van der Waals surface area contributed by atoms with Gasteiger partial charge in [0.2, 0.25) is 5.91 Å². The highest BCUT2D eigenvalue weighted by molar-refractivity contribution is 8.01. The molecule has 0 radical (unpaired) electrons. The van der Waals surface area contributed by atoms with E-state index in [1.54, 1.807) is 11.8 Å². The van der Waals surface area contributed by atoms with E-state index in [4.69, 9.17) is 0 Å². The molecule has 1 heterocycles. The Bertz CT molecular complexity index is 665. The molecule has 3 heteroatoms. The molecule has 114 valence electrons. The maximum absolute atomic E-state index is 13.0. The molecule has 0 saturated heterocycles. The van der Waals surface area contributed by atoms with Crippen molar-refractivity contribution in [3.05, 3.63) is 59.2 Å². The molecular formula is C19H21NOS. The van der Waals surface area contributed by atoms with Crippen molar-refractivity contribution in [2.45, 2.75) is 37.3 Å². The molecule has 0 saturated carbocycles. The molecule has 0 unspecified atom stereocenters. The first-order chi connectivity index (χ1) is 10.6. The number of carbonyl (C=O) groups is 1. The van der Waals surface area contributed by atoms with Gasteiger partial charge in [0, 0.05) is 17.1 Å². The van der Waals surface area contributed by atoms with Gasteiger partial charge < -0.3 is 4.90 Å². The normalized spacial score (nSPS) is 16.4. The van der Waals surface area contributed by atoms with Crippen LogP contribution in [0.2, 0.25) is 0 Å². The molecule has 1 aliphatic heterocycles. The number of anilines is 1. The van der Waals surface area contributed by atoms with Crippen LogP contribution in [0.3, 0.4) is 0 Å². The van der Waals surface area contributed by atoms with Crippen LogP contribution >= 0.6 is 11.8 Å². The summed E-state index contributed by atoms with van der Waals surface area (Å²) >= 11 is 1.70. The van der Waals surface area contributed by atoms with Gasteiger partial charge in [-0.15, -0.1) is 11.8 Å². The summed E-state index contributed by atoms with van der Waals surface area (Å²) in [5, 5.41) is -0.00170. The topological polar surface area (TPSA) is 20.3 Å². The quantitative estimate of drug-likeness (QED) is 0.839. The summed E-state index contributed by atoms with van der Waals surface area (Å²) in [7, 11) is 0. The number of amides is 1. The minimum atomic E-state index is -0.00170. The first-order valence-electron chi connectivity index (χ1n) is 7.72. The number of aryl methyl sites for hydroxylation is 2. The van der Waals surface area contributed by atoms with Crippen molar-refractivity contribution in [3.63, 3.8) is 0 Å². The van der Waals surface area contributed by atoms with E-state index in [1.165, 1.54) is 21.6 Å². The van der Waals surface area contributed by atoms with Gasteiger partial charge in [-0.1, -0.05) is 24.3 Å². The summed E-state index contributed by atoms with van der Waals surface area (Å²) in [6, 6.07) is 14.7. The van der Waals surface area contributed by atoms with E-state index in [-0.39, 0.29) is 11.2 Å². The molecular weight excluding hydrogens is 290 g/mol. The van der Waals surface area contributed by atoms with Crippen LogP contribution in [0.5, 0.6) is 0 Å². The van der Waals surface area contributed by atoms with Crippen LogP contribution in [-0.2, 0) is 11.2 Å². The van der Waals surface area contributed by atoms with E-state index >= 15 is 0 Å². The number of rotatable bonds is 3. The average Bonchev–Trinajstić information content (AvgIpc) is 2.90. The van der Waals surface area contributed by atoms with Crippen LogP contribution in [0.15, 0.2) is 47.4 Å². The van der Waals surface area contributed by atoms with Crippen LogP contribution < -0.4 is 4.90 Å². The second-order valence-corrected chi connectivity index (χ2v) is 7.09. The maximum atomic E-state index is 13.0. The predicted octanol–water partition coefficient (Wildman–Crippen LogP) is 4.37. The minimum absolute atomic E-state index is 0.00170. The minimum Gasteiger partial charge on any atom is -0.312 e. The molecule has 0 fully saturated rings. The molecule has 22 heavy (non-hydrogen) atoms. The molecule has 2 aromatic rings. The lowest BCUT2D eigenvalue weighted by molar-refractivity contribution is -0.118. The van der Waals surface area contributed by atoms with Gasteiger partial charge in [0.15, 0.2) is 0 Å². The zero-order valence-electron chi connectivity index (χ0n) is 13.3. The third-order valence-corrected chi connectivity index (χ3v) is 5.33. The standard InChI is InChI=1S/C19H21NOS/c1-4-20(16-10-13(2)9-14(3)11-16)19(21)18-12-15-7-5-6-8-17(15)22-18/h5-11,18H,4,12H2,1-3H3/t18-/m0/s1. The lowest BCUT2D eigenvalue weighted by Gasteiger charge is -2.24. The monoisotopic (exact) mass is 311 g/mol. The summed E-state index contributed by atoms with van der Waals surface area (Å²) in [5.41, 5.74) is 4.70. The van der Waals surface area contributed by atoms with Crippen LogP contribution in [0, 0.1) is 13.8 Å². The second kappa shape index (κ2) is 6.17. The Morgan fingerprint density at radius 2 is 1.86 bits per heavy atom. The zero-order valence-corrected chi connectivity index (χ0v) is 14.1. The van der Waals surface area contributed by atoms with E-state index in [1.807, 2.05) is 24.0 Å². The molecule has 1 aliphatic rings. The van der Waals surface area contributed by atoms with Crippen molar-refractivity contribution in [2.24, 2.45) is 0 Å². The van der Waals surface area contributed by atoms with Crippen LogP contribution in [-0.4, -0.2) is 17.7 Å². The van der Waals surface area contributed by atoms with Crippen LogP contribution in [0.4, 0.5) is 5.69 Å². The van der Waals surface area contributed by atoms with Crippen molar-refractivity contribution in [2.75, 3.05) is 11.4 Å². The van der Waals surface area contributed by atoms with Crippen LogP contribution in [0.25, 0.3) is 0 Å². The van der Waals surface area contributed by atoms with E-state index in [2.05, 4.69) is 44.2 Å². The van der Waals surface area contributed by atoms with Crippen molar-refractivity contribution < 1.29 is 4.79 Å². The lowest BCUT2D eigenvalue weighted by atomic mass is 10.1. The SMILES string of the molecule is CCN(C(=O)[C@@H]1Cc2ccccc2S1)c1cc(C)cc(C)c1. The van der Waals surface area contributed by atoms with E-state index in [9.17, 15) is 4.79 Å². The zero-order chi connectivity index (χ0) is 15.7. The first kappa shape index (κ1) is 15.2. The highest BCUT2D eigenvalue weighted by Crippen LogP contribution is 2.38. The molecule has 2 aromatic carbocycles. The molecule has 3 rings (SSSR count). The van der Waals surface area contributed by atoms with Gasteiger partial charge in [0.05, 0.1) is 5.25 Å². The Morgan fingerprint density at radius 3 is 2.50 bits per heavy atom. The van der Waals surface area contributed by atoms with Gasteiger partial charge in [-0.2, -0.15) is 0 Å². The van der Waals surface area contributed by atoms with Crippen molar-refractivity contribution in [1.82, 2.24) is 0 Å². The Morgan fingerprint density at radius 1 is 1.18 bits per heavy atom. The highest BCUT2D eigenvalue weighted by atomic mass is 32.2. The van der Waals surface area contributed by atoms with Gasteiger partial charge in [0.1, 0.15) is 0 Å². The summed E-state index contributed by atoms with van der Waals surface area (Å²) in [5.74, 6) is 0.216. The molecule has 1 amide bonds. The number of carbonyl (C=O) groups excluding carboxylic acids is 1. The van der Waals surface area contributed by atoms with Gasteiger partial charge in [-0.25, -0.2) is 0 Å². The summed E-state index contributed by atoms with van der Waals surface area (Å²) in [4.78, 5) is 16.1. The Hall–Kier alpha value is -1.74. The number of thioether (sulfide) groups is 1. The fourth-order valence-electron chi connectivity index (χ4n) is 3.07. The van der Waals surface area contributed by atoms with E-state index in [0.29, 0.717) is 6.54 Å². The van der Waals surface area contributed by atoms with Gasteiger partial charge in [0.25, 0.3) is 0 Å². The van der Waals surface area contributed by atoms with E-state index < -0.39 is 0 Å². The Kier molecular flexibility index (Phi) is 4.25. The summed E-state index contributed by atoms with van der Waals surface area (Å²) in [6.07, 6.45) is 0.834. The molecule has 2 nitrogen and oxygen atoms in total. The summed E-state index contributed by atoms with van der Waals surface area (Å²) < 4.78 is 0. The Labute approximate surface area is 136 Å². The number of hydrogen-bond donors (Lipinski definition) is 0. The van der Waals surface area contributed by atoms with E-state index in [0.717, 1.165) is 12.1 Å². The molecule has 0 aromatic heterocycles. The smallest absolute Gasteiger partial charge is 0.240 e. The number of benzene rings is 2. The third kappa shape index (κ3) is 2.91. The third-order valence-electron chi connectivity index (χ3n) is 4.02. The van der Waals surface area contributed by atoms with Gasteiger partial charge >= 0.3 is 0 Å². The lowest BCUT2D eigenvalue weighted by Crippen LogP contribution is -2.37. The fourth-order valence-corrected chi connectivity index (χ4v) is 4.32. The average molecular weight is 311 g/mol. The van der Waals surface area contributed by atoms with Gasteiger partial charge in [-0.05, 0) is 62.1 Å². The number of fused-ring (bicyclic) bond motifs is 1. The number of hydrogen-bond acceptors (Lipinski definition) is 2. The predicted molar refractivity (Wildman–Crippen MR) is 93.7 cm³/mol. The van der Waals surface area contributed by atoms with Crippen LogP contribution in [0.1, 0.15) is 23.6 Å². The number of nitrogens with zero attached hydrogens (tertiary/aromatic N) is 1. The van der Waals surface area contributed by atoms with Crippen molar-refractivity contribution in [1.29, 1.82) is 0 Å². The Balaban J connectivity index is 1.84. The van der Waals surface area contributed by atoms with Gasteiger partial charge in [-0.3, -0.25) is 4.79 Å². The fraction of sp³-hybridized carbons (Fsp3) is 0.316. The first-order valence-corrected chi connectivity index (χ1v) is 8.60. The molecule has 0 aliphatic carbocycles. The summed E-state index contributed by atoms with van der Waals surface area (Å²) in [6.45, 7) is 6.90. The highest BCUT2D eigenvalue weighted by Gasteiger charge is 2.31. The maximum Gasteiger partial charge on any atom is 0.240 e. The largest absolute Gasteiger partial charge is 0.312 e. The van der Waals surface area contributed by atoms with Crippen molar-refractivity contribution >= 4 is 23.4 Å². The molecule has 0 N–H and O–H groups in total. The second-order valence-electron chi connectivity index (χ2n) is 5.85.